The number of aromatic nitrogens is 2. The van der Waals surface area contributed by atoms with Gasteiger partial charge >= 0.3 is 0 Å². The first kappa shape index (κ1) is 28.5. The summed E-state index contributed by atoms with van der Waals surface area (Å²) in [5.41, 5.74) is 4.37. The maximum Gasteiger partial charge on any atom is 0.255 e. The van der Waals surface area contributed by atoms with Gasteiger partial charge in [0.25, 0.3) is 5.91 Å². The van der Waals surface area contributed by atoms with Crippen molar-refractivity contribution >= 4 is 46.4 Å². The molecule has 0 unspecified atom stereocenters. The quantitative estimate of drug-likeness (QED) is 0.180. The summed E-state index contributed by atoms with van der Waals surface area (Å²) in [6, 6.07) is 19.7. The van der Waals surface area contributed by atoms with Crippen molar-refractivity contribution in [1.29, 1.82) is 0 Å². The van der Waals surface area contributed by atoms with E-state index in [9.17, 15) is 9.59 Å². The molecule has 1 aromatic heterocycles. The summed E-state index contributed by atoms with van der Waals surface area (Å²) in [5.74, 6) is 0.401. The number of nitrogens with zero attached hydrogens (tertiary/aromatic N) is 2. The van der Waals surface area contributed by atoms with Crippen molar-refractivity contribution in [3.8, 4) is 17.0 Å². The van der Waals surface area contributed by atoms with Crippen molar-refractivity contribution in [2.75, 3.05) is 29.2 Å². The van der Waals surface area contributed by atoms with Gasteiger partial charge in [0.05, 0.1) is 36.7 Å². The lowest BCUT2D eigenvalue weighted by Crippen LogP contribution is -2.13. The number of carbonyl (C=O) groups is 2. The van der Waals surface area contributed by atoms with Crippen LogP contribution in [0, 0.1) is 0 Å². The number of hydrogen-bond acceptors (Lipinski definition) is 7. The number of nitrogens with one attached hydrogen (secondary N) is 3. The molecule has 42 heavy (non-hydrogen) atoms. The summed E-state index contributed by atoms with van der Waals surface area (Å²) < 4.78 is 11.7. The standard InChI is InChI=1S/C32H28ClN5O4/c1-2-29(39)35-24-11-9-22(10-12-24)31(40)36-25-15-21-16-26(18-25)37-32-34-19-28(33)30(38-32)23-7-6-8-27(17-23)42-14-5-3-4-13-41-20-21/h2-4,6-12,15-19H,1,5,13-14,20H2,(H,35,39)(H,36,40)(H,34,37,38)/b4-3+. The van der Waals surface area contributed by atoms with Crippen molar-refractivity contribution in [3.63, 3.8) is 0 Å². The van der Waals surface area contributed by atoms with Crippen LogP contribution >= 0.6 is 11.6 Å². The molecule has 2 heterocycles. The van der Waals surface area contributed by atoms with E-state index in [1.54, 1.807) is 36.5 Å². The molecule has 1 aliphatic rings. The predicted molar refractivity (Wildman–Crippen MR) is 164 cm³/mol. The average molecular weight is 582 g/mol. The van der Waals surface area contributed by atoms with E-state index in [4.69, 9.17) is 21.1 Å². The molecule has 0 spiro atoms. The lowest BCUT2D eigenvalue weighted by molar-refractivity contribution is -0.111. The lowest BCUT2D eigenvalue weighted by atomic mass is 10.1. The fraction of sp³-hybridized carbons (Fsp3) is 0.125. The Hall–Kier alpha value is -4.99. The Morgan fingerprint density at radius 2 is 1.86 bits per heavy atom. The zero-order valence-electron chi connectivity index (χ0n) is 22.6. The van der Waals surface area contributed by atoms with Crippen LogP contribution in [0.3, 0.4) is 0 Å². The average Bonchev–Trinajstić information content (AvgIpc) is 2.99. The lowest BCUT2D eigenvalue weighted by Gasteiger charge is -2.14. The van der Waals surface area contributed by atoms with Gasteiger partial charge in [-0.25, -0.2) is 9.97 Å². The fourth-order valence-corrected chi connectivity index (χ4v) is 4.39. The van der Waals surface area contributed by atoms with Crippen molar-refractivity contribution in [2.24, 2.45) is 0 Å². The van der Waals surface area contributed by atoms with E-state index in [-0.39, 0.29) is 11.8 Å². The summed E-state index contributed by atoms with van der Waals surface area (Å²) >= 11 is 6.48. The van der Waals surface area contributed by atoms with Gasteiger partial charge in [0.15, 0.2) is 0 Å². The van der Waals surface area contributed by atoms with E-state index < -0.39 is 0 Å². The van der Waals surface area contributed by atoms with Gasteiger partial charge in [0, 0.05) is 28.2 Å². The maximum absolute atomic E-state index is 13.1. The molecule has 1 aliphatic heterocycles. The first-order valence-corrected chi connectivity index (χ1v) is 13.6. The van der Waals surface area contributed by atoms with Crippen LogP contribution < -0.4 is 20.7 Å². The Balaban J connectivity index is 1.42. The molecule has 0 radical (unpaired) electrons. The summed E-state index contributed by atoms with van der Waals surface area (Å²) in [5, 5.41) is 9.23. The van der Waals surface area contributed by atoms with Crippen LogP contribution in [-0.2, 0) is 16.1 Å². The van der Waals surface area contributed by atoms with Gasteiger partial charge < -0.3 is 25.4 Å². The summed E-state index contributed by atoms with van der Waals surface area (Å²) in [6.45, 7) is 4.69. The minimum atomic E-state index is -0.329. The van der Waals surface area contributed by atoms with E-state index in [2.05, 4.69) is 32.5 Å². The number of ether oxygens (including phenoxy) is 2. The molecule has 0 saturated carbocycles. The predicted octanol–water partition coefficient (Wildman–Crippen LogP) is 6.77. The minimum Gasteiger partial charge on any atom is -0.493 e. The smallest absolute Gasteiger partial charge is 0.255 e. The molecular formula is C32H28ClN5O4. The van der Waals surface area contributed by atoms with Crippen molar-refractivity contribution in [2.45, 2.75) is 13.0 Å². The Labute approximate surface area is 248 Å². The first-order valence-electron chi connectivity index (χ1n) is 13.2. The van der Waals surface area contributed by atoms with Gasteiger partial charge in [0.2, 0.25) is 11.9 Å². The summed E-state index contributed by atoms with van der Waals surface area (Å²) in [7, 11) is 0. The highest BCUT2D eigenvalue weighted by Gasteiger charge is 2.13. The molecule has 0 saturated heterocycles. The minimum absolute atomic E-state index is 0.314. The van der Waals surface area contributed by atoms with Crippen molar-refractivity contribution in [3.05, 3.63) is 114 Å². The fourth-order valence-electron chi connectivity index (χ4n) is 4.19. The van der Waals surface area contributed by atoms with Gasteiger partial charge in [0.1, 0.15) is 5.75 Å². The second kappa shape index (κ2) is 13.6. The Morgan fingerprint density at radius 3 is 2.69 bits per heavy atom. The molecule has 212 valence electrons. The molecule has 0 atom stereocenters. The molecular weight excluding hydrogens is 554 g/mol. The van der Waals surface area contributed by atoms with Crippen LogP contribution in [0.2, 0.25) is 5.02 Å². The molecule has 3 aromatic carbocycles. The van der Waals surface area contributed by atoms with Crippen LogP contribution in [0.15, 0.2) is 97.7 Å². The number of anilines is 4. The number of benzene rings is 3. The SMILES string of the molecule is C=CC(=O)Nc1ccc(C(=O)Nc2cc3cc(c2)Nc2ncc(Cl)c(n2)-c2cccc(c2)OCC/C=C/COC3)cc1. The Bertz CT molecular complexity index is 1640. The van der Waals surface area contributed by atoms with E-state index >= 15 is 0 Å². The maximum atomic E-state index is 13.1. The highest BCUT2D eigenvalue weighted by molar-refractivity contribution is 6.32. The molecule has 9 nitrogen and oxygen atoms in total. The van der Waals surface area contributed by atoms with Crippen molar-refractivity contribution in [1.82, 2.24) is 9.97 Å². The number of fused-ring (bicyclic) bond motifs is 7. The van der Waals surface area contributed by atoms with Gasteiger partial charge in [-0.05, 0) is 72.7 Å². The molecule has 0 fully saturated rings. The van der Waals surface area contributed by atoms with E-state index in [0.29, 0.717) is 64.9 Å². The highest BCUT2D eigenvalue weighted by Crippen LogP contribution is 2.30. The van der Waals surface area contributed by atoms with Gasteiger partial charge in [-0.3, -0.25) is 9.59 Å². The summed E-state index contributed by atoms with van der Waals surface area (Å²) in [4.78, 5) is 33.6. The highest BCUT2D eigenvalue weighted by atomic mass is 35.5. The van der Waals surface area contributed by atoms with Crippen LogP contribution in [0.25, 0.3) is 11.3 Å². The van der Waals surface area contributed by atoms with Crippen molar-refractivity contribution < 1.29 is 19.1 Å². The van der Waals surface area contributed by atoms with E-state index in [1.165, 1.54) is 6.08 Å². The zero-order valence-corrected chi connectivity index (χ0v) is 23.4. The molecule has 3 N–H and O–H groups in total. The van der Waals surface area contributed by atoms with Crippen LogP contribution in [0.1, 0.15) is 22.3 Å². The van der Waals surface area contributed by atoms with Crippen LogP contribution in [0.4, 0.5) is 23.0 Å². The van der Waals surface area contributed by atoms with E-state index in [1.807, 2.05) is 48.6 Å². The number of amides is 2. The Kier molecular flexibility index (Phi) is 9.23. The molecule has 0 aliphatic carbocycles. The normalized spacial score (nSPS) is 13.7. The van der Waals surface area contributed by atoms with Crippen LogP contribution in [0.5, 0.6) is 5.75 Å². The topological polar surface area (TPSA) is 114 Å². The third-order valence-electron chi connectivity index (χ3n) is 6.16. The second-order valence-corrected chi connectivity index (χ2v) is 9.72. The largest absolute Gasteiger partial charge is 0.493 e. The number of hydrogen-bond donors (Lipinski definition) is 3. The van der Waals surface area contributed by atoms with Crippen LogP contribution in [-0.4, -0.2) is 35.0 Å². The van der Waals surface area contributed by atoms with Gasteiger partial charge in [-0.15, -0.1) is 0 Å². The number of carbonyl (C=O) groups excluding carboxylic acids is 2. The molecule has 2 amide bonds. The number of halogens is 1. The second-order valence-electron chi connectivity index (χ2n) is 9.31. The zero-order chi connectivity index (χ0) is 29.3. The van der Waals surface area contributed by atoms with Gasteiger partial charge in [-0.1, -0.05) is 42.5 Å². The third kappa shape index (κ3) is 7.60. The number of rotatable bonds is 4. The molecule has 6 bridgehead atoms. The Morgan fingerprint density at radius 1 is 1.00 bits per heavy atom. The molecule has 5 rings (SSSR count). The van der Waals surface area contributed by atoms with E-state index in [0.717, 1.165) is 17.5 Å². The van der Waals surface area contributed by atoms with Gasteiger partial charge in [-0.2, -0.15) is 0 Å². The third-order valence-corrected chi connectivity index (χ3v) is 6.44. The first-order chi connectivity index (χ1) is 20.5. The molecule has 4 aromatic rings. The monoisotopic (exact) mass is 581 g/mol. The molecule has 10 heteroatoms. The summed E-state index contributed by atoms with van der Waals surface area (Å²) in [6.07, 6.45) is 7.41.